The van der Waals surface area contributed by atoms with Crippen molar-refractivity contribution in [2.24, 2.45) is 5.92 Å². The van der Waals surface area contributed by atoms with Gasteiger partial charge in [-0.3, -0.25) is 0 Å². The Hall–Kier alpha value is -6.65. The van der Waals surface area contributed by atoms with E-state index in [9.17, 15) is 0 Å². The van der Waals surface area contributed by atoms with Crippen LogP contribution in [-0.2, 0) is 10.8 Å². The average Bonchev–Trinajstić information content (AvgIpc) is 3.83. The molecule has 57 heavy (non-hydrogen) atoms. The first-order valence-corrected chi connectivity index (χ1v) is 20.0. The quantitative estimate of drug-likeness (QED) is 0.177. The molecule has 2 heterocycles. The SMILES string of the molecule is CC(C)C1(C)c2ccccc2-c2cc3oc4cc(-c5cccc(-c6nc(-c7ccccc7)nc(-c7cccc8c7-c7ccccc7C8(C)C)n6)c5)ccc4c3cc21. The fourth-order valence-electron chi connectivity index (χ4n) is 9.71. The highest BCUT2D eigenvalue weighted by atomic mass is 16.3. The van der Waals surface area contributed by atoms with E-state index < -0.39 is 0 Å². The van der Waals surface area contributed by atoms with Crippen LogP contribution in [0.4, 0.5) is 0 Å². The summed E-state index contributed by atoms with van der Waals surface area (Å²) in [4.78, 5) is 15.5. The van der Waals surface area contributed by atoms with Gasteiger partial charge in [0, 0.05) is 38.3 Å². The third-order valence-corrected chi connectivity index (χ3v) is 13.1. The Morgan fingerprint density at radius 1 is 0.421 bits per heavy atom. The molecule has 11 rings (SSSR count). The van der Waals surface area contributed by atoms with E-state index in [2.05, 4.69) is 168 Å². The molecule has 2 aliphatic carbocycles. The molecule has 4 heteroatoms. The van der Waals surface area contributed by atoms with E-state index in [1.807, 2.05) is 18.2 Å². The number of rotatable bonds is 5. The molecule has 0 radical (unpaired) electrons. The molecule has 0 saturated heterocycles. The summed E-state index contributed by atoms with van der Waals surface area (Å²) in [6.07, 6.45) is 0. The van der Waals surface area contributed by atoms with Crippen LogP contribution in [-0.4, -0.2) is 15.0 Å². The number of aromatic nitrogens is 3. The summed E-state index contributed by atoms with van der Waals surface area (Å²) < 4.78 is 6.67. The molecule has 0 N–H and O–H groups in total. The van der Waals surface area contributed by atoms with Crippen molar-refractivity contribution in [3.63, 3.8) is 0 Å². The highest BCUT2D eigenvalue weighted by molar-refractivity contribution is 6.08. The van der Waals surface area contributed by atoms with Gasteiger partial charge < -0.3 is 4.42 Å². The third kappa shape index (κ3) is 4.89. The van der Waals surface area contributed by atoms with Gasteiger partial charge in [0.1, 0.15) is 11.2 Å². The average molecular weight is 736 g/mol. The minimum Gasteiger partial charge on any atom is -0.456 e. The van der Waals surface area contributed by atoms with E-state index in [-0.39, 0.29) is 10.8 Å². The zero-order valence-corrected chi connectivity index (χ0v) is 32.8. The fraction of sp³-hybridized carbons (Fsp3) is 0.151. The Morgan fingerprint density at radius 3 is 1.82 bits per heavy atom. The smallest absolute Gasteiger partial charge is 0.164 e. The highest BCUT2D eigenvalue weighted by Crippen LogP contribution is 2.55. The Balaban J connectivity index is 1.03. The summed E-state index contributed by atoms with van der Waals surface area (Å²) >= 11 is 0. The molecule has 0 saturated carbocycles. The first-order chi connectivity index (χ1) is 27.7. The largest absolute Gasteiger partial charge is 0.456 e. The van der Waals surface area contributed by atoms with Crippen LogP contribution < -0.4 is 0 Å². The van der Waals surface area contributed by atoms with E-state index >= 15 is 0 Å². The van der Waals surface area contributed by atoms with Crippen molar-refractivity contribution >= 4 is 21.9 Å². The normalized spacial score (nSPS) is 16.2. The van der Waals surface area contributed by atoms with Crippen LogP contribution in [0.5, 0.6) is 0 Å². The number of hydrogen-bond acceptors (Lipinski definition) is 4. The molecule has 0 aliphatic heterocycles. The number of nitrogens with zero attached hydrogens (tertiary/aromatic N) is 3. The Morgan fingerprint density at radius 2 is 1.02 bits per heavy atom. The molecule has 0 spiro atoms. The van der Waals surface area contributed by atoms with E-state index in [0.717, 1.165) is 49.8 Å². The van der Waals surface area contributed by atoms with Gasteiger partial charge in [0.25, 0.3) is 0 Å². The van der Waals surface area contributed by atoms with Gasteiger partial charge in [-0.05, 0) is 91.9 Å². The third-order valence-electron chi connectivity index (χ3n) is 13.1. The zero-order valence-electron chi connectivity index (χ0n) is 32.8. The van der Waals surface area contributed by atoms with Crippen molar-refractivity contribution in [2.75, 3.05) is 0 Å². The first kappa shape index (κ1) is 33.7. The van der Waals surface area contributed by atoms with E-state index in [4.69, 9.17) is 19.4 Å². The molecule has 4 nitrogen and oxygen atoms in total. The standard InChI is InChI=1S/C53H41N3O/c1-31(2)53(5)43-23-12-9-19-36(43)40-30-47-41(29-45(40)53)37-26-25-34(28-46(37)57-47)33-17-13-18-35(27-33)50-54-49(32-15-7-6-8-16-32)55-51(56-50)39-21-14-24-44-48(39)38-20-10-11-22-42(38)52(44,3)4/h6-31H,1-5H3. The first-order valence-electron chi connectivity index (χ1n) is 20.0. The molecule has 0 bridgehead atoms. The van der Waals surface area contributed by atoms with Gasteiger partial charge in [0.2, 0.25) is 0 Å². The zero-order chi connectivity index (χ0) is 38.6. The summed E-state index contributed by atoms with van der Waals surface area (Å²) in [5.74, 6) is 2.39. The van der Waals surface area contributed by atoms with Crippen LogP contribution in [0.2, 0.25) is 0 Å². The van der Waals surface area contributed by atoms with Crippen LogP contribution in [0.1, 0.15) is 56.9 Å². The Kier molecular flexibility index (Phi) is 7.19. The number of furan rings is 1. The van der Waals surface area contributed by atoms with Gasteiger partial charge in [-0.2, -0.15) is 0 Å². The monoisotopic (exact) mass is 735 g/mol. The van der Waals surface area contributed by atoms with Gasteiger partial charge in [-0.1, -0.05) is 156 Å². The maximum absolute atomic E-state index is 6.67. The van der Waals surface area contributed by atoms with Gasteiger partial charge in [-0.25, -0.2) is 15.0 Å². The van der Waals surface area contributed by atoms with Crippen molar-refractivity contribution < 1.29 is 4.42 Å². The number of benzene rings is 7. The van der Waals surface area contributed by atoms with E-state index in [1.165, 1.54) is 44.5 Å². The lowest BCUT2D eigenvalue weighted by Gasteiger charge is -2.32. The lowest BCUT2D eigenvalue weighted by atomic mass is 9.71. The maximum atomic E-state index is 6.67. The van der Waals surface area contributed by atoms with Crippen LogP contribution in [0.3, 0.4) is 0 Å². The van der Waals surface area contributed by atoms with Gasteiger partial charge >= 0.3 is 0 Å². The summed E-state index contributed by atoms with van der Waals surface area (Å²) in [6, 6.07) is 54.1. The second-order valence-corrected chi connectivity index (χ2v) is 16.8. The maximum Gasteiger partial charge on any atom is 0.164 e. The predicted molar refractivity (Wildman–Crippen MR) is 233 cm³/mol. The minimum atomic E-state index is -0.129. The molecule has 2 aliphatic rings. The van der Waals surface area contributed by atoms with Crippen molar-refractivity contribution in [2.45, 2.75) is 45.4 Å². The van der Waals surface area contributed by atoms with Crippen molar-refractivity contribution in [3.8, 4) is 67.5 Å². The molecule has 1 atom stereocenters. The minimum absolute atomic E-state index is 0.0685. The van der Waals surface area contributed by atoms with Crippen molar-refractivity contribution in [1.29, 1.82) is 0 Å². The molecular weight excluding hydrogens is 695 g/mol. The van der Waals surface area contributed by atoms with Gasteiger partial charge in [0.05, 0.1) is 0 Å². The fourth-order valence-corrected chi connectivity index (χ4v) is 9.71. The van der Waals surface area contributed by atoms with Crippen LogP contribution in [0, 0.1) is 5.92 Å². The molecule has 7 aromatic carbocycles. The summed E-state index contributed by atoms with van der Waals surface area (Å²) in [5.41, 5.74) is 17.1. The van der Waals surface area contributed by atoms with Gasteiger partial charge in [0.15, 0.2) is 17.5 Å². The van der Waals surface area contributed by atoms with Crippen molar-refractivity contribution in [1.82, 2.24) is 15.0 Å². The topological polar surface area (TPSA) is 51.8 Å². The second-order valence-electron chi connectivity index (χ2n) is 16.8. The molecule has 0 amide bonds. The summed E-state index contributed by atoms with van der Waals surface area (Å²) in [7, 11) is 0. The lowest BCUT2D eigenvalue weighted by Crippen LogP contribution is -2.27. The van der Waals surface area contributed by atoms with Crippen LogP contribution in [0.25, 0.3) is 89.5 Å². The van der Waals surface area contributed by atoms with Crippen molar-refractivity contribution in [3.05, 3.63) is 174 Å². The molecule has 1 unspecified atom stereocenters. The molecule has 274 valence electrons. The number of fused-ring (bicyclic) bond motifs is 9. The van der Waals surface area contributed by atoms with Gasteiger partial charge in [-0.15, -0.1) is 0 Å². The second kappa shape index (κ2) is 12.2. The molecule has 0 fully saturated rings. The highest BCUT2D eigenvalue weighted by Gasteiger charge is 2.42. The molecule has 2 aromatic heterocycles. The predicted octanol–water partition coefficient (Wildman–Crippen LogP) is 13.7. The van der Waals surface area contributed by atoms with Crippen LogP contribution in [0.15, 0.2) is 156 Å². The lowest BCUT2D eigenvalue weighted by molar-refractivity contribution is 0.414. The molecule has 9 aromatic rings. The summed E-state index contributed by atoms with van der Waals surface area (Å²) in [6.45, 7) is 11.7. The number of hydrogen-bond donors (Lipinski definition) is 0. The van der Waals surface area contributed by atoms with E-state index in [1.54, 1.807) is 0 Å². The Bertz CT molecular complexity index is 3100. The summed E-state index contributed by atoms with van der Waals surface area (Å²) in [5, 5.41) is 2.29. The molecular formula is C53H41N3O. The van der Waals surface area contributed by atoms with Crippen LogP contribution >= 0.6 is 0 Å². The van der Waals surface area contributed by atoms with E-state index in [0.29, 0.717) is 23.4 Å². The Labute approximate surface area is 332 Å².